The highest BCUT2D eigenvalue weighted by Crippen LogP contribution is 2.09. The second-order valence-electron chi connectivity index (χ2n) is 4.13. The van der Waals surface area contributed by atoms with E-state index >= 15 is 0 Å². The summed E-state index contributed by atoms with van der Waals surface area (Å²) in [5, 5.41) is 13.6. The molecule has 0 amide bonds. The van der Waals surface area contributed by atoms with Crippen LogP contribution in [-0.2, 0) is 6.54 Å². The number of nitrogens with two attached hydrogens (primary N) is 1. The summed E-state index contributed by atoms with van der Waals surface area (Å²) in [7, 11) is 0. The van der Waals surface area contributed by atoms with Gasteiger partial charge < -0.3 is 10.8 Å². The Morgan fingerprint density at radius 1 is 1.53 bits per heavy atom. The molecule has 0 radical (unpaired) electrons. The van der Waals surface area contributed by atoms with Crippen LogP contribution in [-0.4, -0.2) is 45.5 Å². The highest BCUT2D eigenvalue weighted by atomic mass is 16.3. The van der Waals surface area contributed by atoms with Crippen molar-refractivity contribution in [2.75, 3.05) is 25.4 Å². The van der Waals surface area contributed by atoms with E-state index in [1.54, 1.807) is 6.20 Å². The average molecular weight is 210 g/mol. The number of aromatic nitrogens is 2. The lowest BCUT2D eigenvalue weighted by atomic mass is 10.1. The van der Waals surface area contributed by atoms with E-state index in [0.29, 0.717) is 5.69 Å². The van der Waals surface area contributed by atoms with Crippen molar-refractivity contribution in [1.29, 1.82) is 0 Å². The maximum absolute atomic E-state index is 9.50. The summed E-state index contributed by atoms with van der Waals surface area (Å²) in [5.41, 5.74) is 6.27. The molecule has 0 spiro atoms. The summed E-state index contributed by atoms with van der Waals surface area (Å²) < 4.78 is 1.84. The minimum Gasteiger partial charge on any atom is -0.396 e. The Morgan fingerprint density at radius 3 is 3.07 bits per heavy atom. The Labute approximate surface area is 89.5 Å². The summed E-state index contributed by atoms with van der Waals surface area (Å²) in [6.45, 7) is 3.63. The molecule has 5 nitrogen and oxygen atoms in total. The number of likely N-dealkylation sites (tertiary alicyclic amines) is 1. The third-order valence-corrected chi connectivity index (χ3v) is 2.78. The Kier molecular flexibility index (Phi) is 3.23. The zero-order valence-electron chi connectivity index (χ0n) is 8.84. The molecule has 0 aromatic carbocycles. The Hall–Kier alpha value is -1.07. The standard InChI is InChI=1S/C10H18N4O/c11-9-6-12-14(7-9)5-4-13-3-1-2-10(15)8-13/h6-7,10,15H,1-5,8,11H2. The van der Waals surface area contributed by atoms with Gasteiger partial charge in [0.25, 0.3) is 0 Å². The third-order valence-electron chi connectivity index (χ3n) is 2.78. The fourth-order valence-corrected chi connectivity index (χ4v) is 1.98. The molecule has 1 aliphatic rings. The maximum atomic E-state index is 9.50. The molecule has 1 unspecified atom stereocenters. The van der Waals surface area contributed by atoms with Crippen LogP contribution >= 0.6 is 0 Å². The van der Waals surface area contributed by atoms with Crippen LogP contribution in [0, 0.1) is 0 Å². The predicted molar refractivity (Wildman–Crippen MR) is 58.3 cm³/mol. The van der Waals surface area contributed by atoms with Gasteiger partial charge in [-0.05, 0) is 19.4 Å². The number of rotatable bonds is 3. The van der Waals surface area contributed by atoms with Gasteiger partial charge in [-0.15, -0.1) is 0 Å². The molecule has 15 heavy (non-hydrogen) atoms. The summed E-state index contributed by atoms with van der Waals surface area (Å²) in [5.74, 6) is 0. The van der Waals surface area contributed by atoms with Gasteiger partial charge in [-0.3, -0.25) is 9.58 Å². The minimum absolute atomic E-state index is 0.151. The fraction of sp³-hybridized carbons (Fsp3) is 0.700. The van der Waals surface area contributed by atoms with Gasteiger partial charge in [0.2, 0.25) is 0 Å². The zero-order chi connectivity index (χ0) is 10.7. The Balaban J connectivity index is 1.77. The lowest BCUT2D eigenvalue weighted by molar-refractivity contribution is 0.0684. The molecule has 84 valence electrons. The molecule has 3 N–H and O–H groups in total. The van der Waals surface area contributed by atoms with Crippen LogP contribution in [0.5, 0.6) is 0 Å². The van der Waals surface area contributed by atoms with Crippen molar-refractivity contribution in [1.82, 2.24) is 14.7 Å². The number of hydrogen-bond donors (Lipinski definition) is 2. The van der Waals surface area contributed by atoms with E-state index < -0.39 is 0 Å². The van der Waals surface area contributed by atoms with Crippen molar-refractivity contribution in [2.24, 2.45) is 0 Å². The van der Waals surface area contributed by atoms with E-state index in [4.69, 9.17) is 5.73 Å². The second kappa shape index (κ2) is 4.63. The molecule has 5 heteroatoms. The van der Waals surface area contributed by atoms with E-state index in [-0.39, 0.29) is 6.10 Å². The molecule has 1 atom stereocenters. The summed E-state index contributed by atoms with van der Waals surface area (Å²) in [4.78, 5) is 2.27. The van der Waals surface area contributed by atoms with Crippen molar-refractivity contribution in [3.63, 3.8) is 0 Å². The lowest BCUT2D eigenvalue weighted by Crippen LogP contribution is -2.39. The topological polar surface area (TPSA) is 67.3 Å². The number of piperidine rings is 1. The Bertz CT molecular complexity index is 312. The number of anilines is 1. The Morgan fingerprint density at radius 2 is 2.40 bits per heavy atom. The van der Waals surface area contributed by atoms with E-state index in [9.17, 15) is 5.11 Å². The first-order valence-electron chi connectivity index (χ1n) is 5.42. The molecule has 0 aliphatic carbocycles. The van der Waals surface area contributed by atoms with Gasteiger partial charge in [0.15, 0.2) is 0 Å². The van der Waals surface area contributed by atoms with Crippen molar-refractivity contribution in [3.05, 3.63) is 12.4 Å². The lowest BCUT2D eigenvalue weighted by Gasteiger charge is -2.29. The van der Waals surface area contributed by atoms with Gasteiger partial charge in [0, 0.05) is 19.3 Å². The number of nitrogens with zero attached hydrogens (tertiary/aromatic N) is 3. The normalized spacial score (nSPS) is 23.1. The number of aliphatic hydroxyl groups excluding tert-OH is 1. The summed E-state index contributed by atoms with van der Waals surface area (Å²) >= 11 is 0. The van der Waals surface area contributed by atoms with Crippen molar-refractivity contribution < 1.29 is 5.11 Å². The molecule has 0 saturated carbocycles. The SMILES string of the molecule is Nc1cnn(CCN2CCCC(O)C2)c1. The monoisotopic (exact) mass is 210 g/mol. The molecular formula is C10H18N4O. The molecule has 1 aromatic rings. The van der Waals surface area contributed by atoms with Gasteiger partial charge in [-0.2, -0.15) is 5.10 Å². The van der Waals surface area contributed by atoms with E-state index in [2.05, 4.69) is 10.00 Å². The first-order valence-corrected chi connectivity index (χ1v) is 5.42. The van der Waals surface area contributed by atoms with Crippen LogP contribution in [0.3, 0.4) is 0 Å². The quantitative estimate of drug-likeness (QED) is 0.732. The highest BCUT2D eigenvalue weighted by Gasteiger charge is 2.16. The predicted octanol–water partition coefficient (Wildman–Crippen LogP) is -0.0780. The van der Waals surface area contributed by atoms with Gasteiger partial charge in [-0.1, -0.05) is 0 Å². The third kappa shape index (κ3) is 2.94. The van der Waals surface area contributed by atoms with E-state index in [0.717, 1.165) is 39.0 Å². The number of nitrogen functional groups attached to an aromatic ring is 1. The van der Waals surface area contributed by atoms with Crippen molar-refractivity contribution in [3.8, 4) is 0 Å². The largest absolute Gasteiger partial charge is 0.396 e. The first-order chi connectivity index (χ1) is 7.24. The van der Waals surface area contributed by atoms with Gasteiger partial charge in [0.05, 0.1) is 24.5 Å². The maximum Gasteiger partial charge on any atom is 0.0719 e. The molecule has 0 bridgehead atoms. The summed E-state index contributed by atoms with van der Waals surface area (Å²) in [6.07, 6.45) is 5.36. The van der Waals surface area contributed by atoms with Crippen LogP contribution in [0.1, 0.15) is 12.8 Å². The van der Waals surface area contributed by atoms with Crippen molar-refractivity contribution in [2.45, 2.75) is 25.5 Å². The molecule has 2 heterocycles. The molecule has 1 fully saturated rings. The van der Waals surface area contributed by atoms with Crippen LogP contribution in [0.15, 0.2) is 12.4 Å². The average Bonchev–Trinajstić information content (AvgIpc) is 2.62. The minimum atomic E-state index is -0.151. The van der Waals surface area contributed by atoms with Gasteiger partial charge >= 0.3 is 0 Å². The molecule has 1 aromatic heterocycles. The number of hydrogen-bond acceptors (Lipinski definition) is 4. The van der Waals surface area contributed by atoms with Crippen LogP contribution in [0.2, 0.25) is 0 Å². The van der Waals surface area contributed by atoms with Crippen LogP contribution in [0.25, 0.3) is 0 Å². The fourth-order valence-electron chi connectivity index (χ4n) is 1.98. The van der Waals surface area contributed by atoms with Gasteiger partial charge in [-0.25, -0.2) is 0 Å². The van der Waals surface area contributed by atoms with Crippen LogP contribution < -0.4 is 5.73 Å². The molecular weight excluding hydrogens is 192 g/mol. The molecule has 1 aliphatic heterocycles. The molecule has 1 saturated heterocycles. The number of β-amino-alcohol motifs (C(OH)–C–C–N with tert-alkyl or cyclic N) is 1. The summed E-state index contributed by atoms with van der Waals surface area (Å²) in [6, 6.07) is 0. The van der Waals surface area contributed by atoms with Gasteiger partial charge in [0.1, 0.15) is 0 Å². The zero-order valence-corrected chi connectivity index (χ0v) is 8.84. The smallest absolute Gasteiger partial charge is 0.0719 e. The van der Waals surface area contributed by atoms with Crippen LogP contribution in [0.4, 0.5) is 5.69 Å². The van der Waals surface area contributed by atoms with Crippen molar-refractivity contribution >= 4 is 5.69 Å². The van der Waals surface area contributed by atoms with E-state index in [1.165, 1.54) is 0 Å². The first kappa shape index (κ1) is 10.4. The van der Waals surface area contributed by atoms with E-state index in [1.807, 2.05) is 10.9 Å². The second-order valence-corrected chi connectivity index (χ2v) is 4.13. The highest BCUT2D eigenvalue weighted by molar-refractivity contribution is 5.30. The number of aliphatic hydroxyl groups is 1. The molecule has 2 rings (SSSR count).